The van der Waals surface area contributed by atoms with E-state index in [2.05, 4.69) is 4.98 Å². The van der Waals surface area contributed by atoms with Gasteiger partial charge in [0.25, 0.3) is 0 Å². The summed E-state index contributed by atoms with van der Waals surface area (Å²) in [6.07, 6.45) is 4.67. The Bertz CT molecular complexity index is 801. The summed E-state index contributed by atoms with van der Waals surface area (Å²) in [7, 11) is 1.66. The summed E-state index contributed by atoms with van der Waals surface area (Å²) in [4.78, 5) is 23.0. The molecule has 26 heavy (non-hydrogen) atoms. The second-order valence-electron chi connectivity index (χ2n) is 7.38. The molecule has 0 bridgehead atoms. The minimum absolute atomic E-state index is 0.0843. The third-order valence-electron chi connectivity index (χ3n) is 5.55. The number of fused-ring (bicyclic) bond motifs is 1. The molecule has 1 fully saturated rings. The lowest BCUT2D eigenvalue weighted by atomic mass is 9.85. The van der Waals surface area contributed by atoms with Gasteiger partial charge in [-0.2, -0.15) is 0 Å². The molecule has 2 aromatic rings. The Hall–Kier alpha value is -2.34. The number of carbonyl (C=O) groups excluding carboxylic acids is 1. The van der Waals surface area contributed by atoms with Crippen molar-refractivity contribution >= 4 is 5.91 Å². The van der Waals surface area contributed by atoms with Crippen molar-refractivity contribution in [3.8, 4) is 17.1 Å². The average Bonchev–Trinajstić information content (AvgIpc) is 3.11. The largest absolute Gasteiger partial charge is 0.497 e. The highest BCUT2D eigenvalue weighted by molar-refractivity contribution is 5.79. The molecule has 0 unspecified atom stereocenters. The van der Waals surface area contributed by atoms with Crippen LogP contribution in [0.2, 0.25) is 0 Å². The quantitative estimate of drug-likeness (QED) is 0.887. The first-order chi connectivity index (χ1) is 12.6. The maximum Gasteiger partial charge on any atom is 0.226 e. The highest BCUT2D eigenvalue weighted by atomic mass is 16.5. The lowest BCUT2D eigenvalue weighted by Gasteiger charge is -2.33. The number of hydrogen-bond donors (Lipinski definition) is 2. The van der Waals surface area contributed by atoms with E-state index in [-0.39, 0.29) is 17.9 Å². The third-order valence-corrected chi connectivity index (χ3v) is 5.55. The van der Waals surface area contributed by atoms with Crippen molar-refractivity contribution in [1.29, 1.82) is 0 Å². The molecule has 1 saturated carbocycles. The standard InChI is InChI=1S/C20H26N4O2/c1-26-16-7-3-4-13(11-16)19-22-17-8-9-24(12-18(17)23-19)20(25)14-5-2-6-15(21)10-14/h3-4,7,11,14-15H,2,5-6,8-10,12,21H2,1H3,(H,22,23)/t14-,15+/m1/s1. The predicted octanol–water partition coefficient (Wildman–Crippen LogP) is 2.49. The fraction of sp³-hybridized carbons (Fsp3) is 0.500. The first-order valence-electron chi connectivity index (χ1n) is 9.40. The fourth-order valence-electron chi connectivity index (χ4n) is 4.10. The molecular formula is C20H26N4O2. The van der Waals surface area contributed by atoms with Crippen LogP contribution in [0.1, 0.15) is 37.1 Å². The maximum atomic E-state index is 12.9. The summed E-state index contributed by atoms with van der Waals surface area (Å²) < 4.78 is 5.30. The van der Waals surface area contributed by atoms with Crippen LogP contribution in [-0.4, -0.2) is 40.5 Å². The number of imidazole rings is 1. The minimum atomic E-state index is 0.0843. The van der Waals surface area contributed by atoms with Crippen molar-refractivity contribution < 1.29 is 9.53 Å². The lowest BCUT2D eigenvalue weighted by molar-refractivity contribution is -0.137. The van der Waals surface area contributed by atoms with Crippen LogP contribution < -0.4 is 10.5 Å². The molecule has 2 atom stereocenters. The molecule has 6 heteroatoms. The Morgan fingerprint density at radius 3 is 3.08 bits per heavy atom. The first-order valence-corrected chi connectivity index (χ1v) is 9.40. The average molecular weight is 354 g/mol. The van der Waals surface area contributed by atoms with Gasteiger partial charge in [-0.1, -0.05) is 18.6 Å². The number of hydrogen-bond acceptors (Lipinski definition) is 4. The van der Waals surface area contributed by atoms with E-state index in [1.54, 1.807) is 7.11 Å². The van der Waals surface area contributed by atoms with Crippen molar-refractivity contribution in [1.82, 2.24) is 14.9 Å². The van der Waals surface area contributed by atoms with E-state index in [0.29, 0.717) is 6.54 Å². The van der Waals surface area contributed by atoms with Gasteiger partial charge in [-0.25, -0.2) is 4.98 Å². The maximum absolute atomic E-state index is 12.9. The molecule has 2 aliphatic rings. The second-order valence-corrected chi connectivity index (χ2v) is 7.38. The SMILES string of the molecule is COc1cccc(-c2nc3c([nH]2)CN(C(=O)[C@@H]2CCC[C@H](N)C2)CC3)c1. The number of nitrogens with one attached hydrogen (secondary N) is 1. The second kappa shape index (κ2) is 7.11. The molecule has 1 amide bonds. The van der Waals surface area contributed by atoms with E-state index >= 15 is 0 Å². The molecule has 1 aromatic carbocycles. The summed E-state index contributed by atoms with van der Waals surface area (Å²) in [5.74, 6) is 1.98. The number of ether oxygens (including phenoxy) is 1. The fourth-order valence-corrected chi connectivity index (χ4v) is 4.10. The molecule has 1 aliphatic heterocycles. The van der Waals surface area contributed by atoms with Crippen LogP contribution in [0.4, 0.5) is 0 Å². The summed E-state index contributed by atoms with van der Waals surface area (Å²) >= 11 is 0. The first kappa shape index (κ1) is 17.1. The van der Waals surface area contributed by atoms with Crippen LogP contribution in [0.15, 0.2) is 24.3 Å². The number of carbonyl (C=O) groups is 1. The van der Waals surface area contributed by atoms with Crippen molar-refractivity contribution in [2.24, 2.45) is 11.7 Å². The zero-order valence-electron chi connectivity index (χ0n) is 15.2. The number of amides is 1. The molecule has 0 spiro atoms. The highest BCUT2D eigenvalue weighted by Crippen LogP contribution is 2.29. The lowest BCUT2D eigenvalue weighted by Crippen LogP contribution is -2.43. The highest BCUT2D eigenvalue weighted by Gasteiger charge is 2.31. The van der Waals surface area contributed by atoms with Gasteiger partial charge in [0.1, 0.15) is 11.6 Å². The smallest absolute Gasteiger partial charge is 0.226 e. The van der Waals surface area contributed by atoms with Gasteiger partial charge in [0.2, 0.25) is 5.91 Å². The van der Waals surface area contributed by atoms with E-state index < -0.39 is 0 Å². The zero-order chi connectivity index (χ0) is 18.1. The van der Waals surface area contributed by atoms with Gasteiger partial charge in [-0.15, -0.1) is 0 Å². The Morgan fingerprint density at radius 1 is 1.38 bits per heavy atom. The normalized spacial score (nSPS) is 22.8. The molecule has 1 aromatic heterocycles. The number of rotatable bonds is 3. The predicted molar refractivity (Wildman–Crippen MR) is 99.6 cm³/mol. The van der Waals surface area contributed by atoms with Gasteiger partial charge in [-0.05, 0) is 31.4 Å². The summed E-state index contributed by atoms with van der Waals surface area (Å²) in [6, 6.07) is 8.03. The number of aromatic nitrogens is 2. The van der Waals surface area contributed by atoms with E-state index in [9.17, 15) is 4.79 Å². The Kier molecular flexibility index (Phi) is 4.68. The molecule has 3 N–H and O–H groups in total. The Labute approximate surface area is 153 Å². The van der Waals surface area contributed by atoms with Crippen LogP contribution in [-0.2, 0) is 17.8 Å². The molecule has 0 saturated heterocycles. The van der Waals surface area contributed by atoms with Gasteiger partial charge < -0.3 is 20.4 Å². The van der Waals surface area contributed by atoms with Gasteiger partial charge >= 0.3 is 0 Å². The monoisotopic (exact) mass is 354 g/mol. The third kappa shape index (κ3) is 3.33. The van der Waals surface area contributed by atoms with E-state index in [1.165, 1.54) is 0 Å². The van der Waals surface area contributed by atoms with E-state index in [0.717, 1.165) is 67.2 Å². The van der Waals surface area contributed by atoms with Crippen LogP contribution in [0.3, 0.4) is 0 Å². The summed E-state index contributed by atoms with van der Waals surface area (Å²) in [5.41, 5.74) is 9.16. The molecule has 0 radical (unpaired) electrons. The van der Waals surface area contributed by atoms with Crippen molar-refractivity contribution in [2.45, 2.75) is 44.7 Å². The van der Waals surface area contributed by atoms with Gasteiger partial charge in [-0.3, -0.25) is 4.79 Å². The number of aromatic amines is 1. The Morgan fingerprint density at radius 2 is 2.27 bits per heavy atom. The molecule has 138 valence electrons. The number of methoxy groups -OCH3 is 1. The van der Waals surface area contributed by atoms with Crippen LogP contribution in [0, 0.1) is 5.92 Å². The topological polar surface area (TPSA) is 84.2 Å². The molecule has 4 rings (SSSR count). The minimum Gasteiger partial charge on any atom is -0.497 e. The van der Waals surface area contributed by atoms with Crippen LogP contribution in [0.25, 0.3) is 11.4 Å². The van der Waals surface area contributed by atoms with Crippen LogP contribution >= 0.6 is 0 Å². The van der Waals surface area contributed by atoms with Crippen LogP contribution in [0.5, 0.6) is 5.75 Å². The molecular weight excluding hydrogens is 328 g/mol. The number of nitrogens with two attached hydrogens (primary N) is 1. The zero-order valence-corrected chi connectivity index (χ0v) is 15.2. The van der Waals surface area contributed by atoms with Gasteiger partial charge in [0, 0.05) is 30.5 Å². The summed E-state index contributed by atoms with van der Waals surface area (Å²) in [5, 5.41) is 0. The van der Waals surface area contributed by atoms with Crippen molar-refractivity contribution in [3.63, 3.8) is 0 Å². The number of nitrogens with zero attached hydrogens (tertiary/aromatic N) is 2. The molecule has 2 heterocycles. The number of benzene rings is 1. The molecule has 1 aliphatic carbocycles. The van der Waals surface area contributed by atoms with E-state index in [4.69, 9.17) is 15.5 Å². The van der Waals surface area contributed by atoms with Gasteiger partial charge in [0.05, 0.1) is 25.0 Å². The van der Waals surface area contributed by atoms with E-state index in [1.807, 2.05) is 29.2 Å². The Balaban J connectivity index is 1.50. The van der Waals surface area contributed by atoms with Crippen molar-refractivity contribution in [2.75, 3.05) is 13.7 Å². The number of H-pyrrole nitrogens is 1. The molecule has 6 nitrogen and oxygen atoms in total. The van der Waals surface area contributed by atoms with Gasteiger partial charge in [0.15, 0.2) is 0 Å². The summed E-state index contributed by atoms with van der Waals surface area (Å²) in [6.45, 7) is 1.34. The van der Waals surface area contributed by atoms with Crippen molar-refractivity contribution in [3.05, 3.63) is 35.7 Å².